The molecule has 0 radical (unpaired) electrons. The third kappa shape index (κ3) is 4.98. The fourth-order valence-electron chi connectivity index (χ4n) is 3.24. The van der Waals surface area contributed by atoms with Gasteiger partial charge in [-0.2, -0.15) is 0 Å². The van der Waals surface area contributed by atoms with E-state index in [1.54, 1.807) is 29.2 Å². The molecule has 0 spiro atoms. The Kier molecular flexibility index (Phi) is 7.29. The first-order valence-electron chi connectivity index (χ1n) is 9.70. The number of hydrogen-bond donors (Lipinski definition) is 0. The maximum atomic E-state index is 13.5. The van der Waals surface area contributed by atoms with Crippen molar-refractivity contribution in [3.05, 3.63) is 42.0 Å². The molecule has 32 heavy (non-hydrogen) atoms. The number of nitrogens with zero attached hydrogens (tertiary/aromatic N) is 3. The van der Waals surface area contributed by atoms with Crippen LogP contribution in [0.4, 0.5) is 5.13 Å². The summed E-state index contributed by atoms with van der Waals surface area (Å²) < 4.78 is 36.2. The van der Waals surface area contributed by atoms with Crippen LogP contribution in [0.5, 0.6) is 11.5 Å². The molecule has 1 aliphatic heterocycles. The summed E-state index contributed by atoms with van der Waals surface area (Å²) in [5.74, 6) is 0.910. The zero-order chi connectivity index (χ0) is 22.2. The Hall–Kier alpha value is -2.40. The lowest BCUT2D eigenvalue weighted by Crippen LogP contribution is -2.36. The lowest BCUT2D eigenvalue weighted by Gasteiger charge is -2.23. The van der Waals surface area contributed by atoms with Gasteiger partial charge in [0.15, 0.2) is 26.5 Å². The molecule has 0 saturated heterocycles. The number of para-hydroxylation sites is 1. The maximum absolute atomic E-state index is 13.5. The molecule has 1 aliphatic rings. The molecule has 2 aromatic carbocycles. The molecule has 0 N–H and O–H groups in total. The van der Waals surface area contributed by atoms with Gasteiger partial charge in [-0.05, 0) is 44.4 Å². The number of thiazole rings is 1. The van der Waals surface area contributed by atoms with E-state index in [0.717, 1.165) is 6.26 Å². The van der Waals surface area contributed by atoms with Crippen LogP contribution in [0.1, 0.15) is 10.4 Å². The van der Waals surface area contributed by atoms with Gasteiger partial charge in [-0.3, -0.25) is 9.69 Å². The first kappa shape index (κ1) is 24.2. The number of amides is 1. The second-order valence-electron chi connectivity index (χ2n) is 7.49. The molecule has 1 amide bonds. The van der Waals surface area contributed by atoms with Gasteiger partial charge in [0.1, 0.15) is 18.7 Å². The first-order chi connectivity index (χ1) is 14.7. The van der Waals surface area contributed by atoms with Crippen molar-refractivity contribution in [3.63, 3.8) is 0 Å². The maximum Gasteiger partial charge on any atom is 0.260 e. The predicted molar refractivity (Wildman–Crippen MR) is 128 cm³/mol. The van der Waals surface area contributed by atoms with Crippen LogP contribution in [0.25, 0.3) is 10.2 Å². The lowest BCUT2D eigenvalue weighted by molar-refractivity contribution is 0.0984. The van der Waals surface area contributed by atoms with E-state index in [0.29, 0.717) is 58.7 Å². The normalized spacial score (nSPS) is 13.1. The monoisotopic (exact) mass is 497 g/mol. The average molecular weight is 498 g/mol. The van der Waals surface area contributed by atoms with Crippen molar-refractivity contribution < 1.29 is 22.7 Å². The van der Waals surface area contributed by atoms with Crippen LogP contribution >= 0.6 is 23.7 Å². The fraction of sp³-hybridized carbons (Fsp3) is 0.333. The van der Waals surface area contributed by atoms with Crippen LogP contribution in [0.15, 0.2) is 41.3 Å². The Morgan fingerprint density at radius 1 is 1.09 bits per heavy atom. The summed E-state index contributed by atoms with van der Waals surface area (Å²) >= 11 is 1.29. The number of aromatic nitrogens is 1. The van der Waals surface area contributed by atoms with Gasteiger partial charge in [-0.15, -0.1) is 12.4 Å². The number of halogens is 1. The van der Waals surface area contributed by atoms with E-state index in [4.69, 9.17) is 9.47 Å². The Morgan fingerprint density at radius 2 is 1.81 bits per heavy atom. The topological polar surface area (TPSA) is 89.0 Å². The van der Waals surface area contributed by atoms with Crippen LogP contribution in [-0.2, 0) is 9.84 Å². The number of likely N-dealkylation sites (N-methyl/N-ethyl adjacent to an activating group) is 1. The Labute approximate surface area is 197 Å². The number of sulfone groups is 1. The fourth-order valence-corrected chi connectivity index (χ4v) is 5.16. The van der Waals surface area contributed by atoms with Crippen molar-refractivity contribution in [1.82, 2.24) is 9.88 Å². The highest BCUT2D eigenvalue weighted by atomic mass is 35.5. The van der Waals surface area contributed by atoms with Crippen LogP contribution in [0, 0.1) is 0 Å². The minimum absolute atomic E-state index is 0. The van der Waals surface area contributed by atoms with E-state index in [1.165, 1.54) is 17.4 Å². The Morgan fingerprint density at radius 3 is 2.50 bits per heavy atom. The van der Waals surface area contributed by atoms with Crippen LogP contribution < -0.4 is 14.4 Å². The summed E-state index contributed by atoms with van der Waals surface area (Å²) in [6.45, 7) is 1.92. The highest BCUT2D eigenvalue weighted by molar-refractivity contribution is 7.91. The van der Waals surface area contributed by atoms with Crippen LogP contribution in [-0.4, -0.2) is 70.9 Å². The van der Waals surface area contributed by atoms with Crippen molar-refractivity contribution >= 4 is 54.8 Å². The molecule has 172 valence electrons. The standard InChI is InChI=1S/C21H23N3O5S2.ClH/c1-23(2)9-10-24(20(25)14-7-8-15-16(13-14)29-12-11-28-15)21-22-19-17(30-21)5-4-6-18(19)31(3,26)27;/h4-8,13H,9-12H2,1-3H3;1H. The van der Waals surface area contributed by atoms with E-state index in [1.807, 2.05) is 25.1 Å². The highest BCUT2D eigenvalue weighted by Gasteiger charge is 2.25. The molecule has 1 aromatic heterocycles. The van der Waals surface area contributed by atoms with Gasteiger partial charge in [0.25, 0.3) is 5.91 Å². The van der Waals surface area contributed by atoms with Gasteiger partial charge in [0.2, 0.25) is 0 Å². The Bertz CT molecular complexity index is 1240. The summed E-state index contributed by atoms with van der Waals surface area (Å²) in [5, 5.41) is 0.452. The number of carbonyl (C=O) groups is 1. The van der Waals surface area contributed by atoms with Crippen molar-refractivity contribution in [2.75, 3.05) is 51.6 Å². The predicted octanol–water partition coefficient (Wildman–Crippen LogP) is 3.10. The molecule has 0 fully saturated rings. The third-order valence-corrected chi connectivity index (χ3v) is 6.98. The van der Waals surface area contributed by atoms with Crippen molar-refractivity contribution in [3.8, 4) is 11.5 Å². The summed E-state index contributed by atoms with van der Waals surface area (Å²) in [5.41, 5.74) is 0.834. The average Bonchev–Trinajstić information content (AvgIpc) is 3.16. The summed E-state index contributed by atoms with van der Waals surface area (Å²) in [7, 11) is 0.399. The van der Waals surface area contributed by atoms with E-state index in [2.05, 4.69) is 4.98 Å². The number of benzene rings is 2. The summed E-state index contributed by atoms with van der Waals surface area (Å²) in [6.07, 6.45) is 1.16. The Balaban J connectivity index is 0.00000289. The van der Waals surface area contributed by atoms with E-state index >= 15 is 0 Å². The largest absolute Gasteiger partial charge is 0.486 e. The van der Waals surface area contributed by atoms with Crippen molar-refractivity contribution in [1.29, 1.82) is 0 Å². The van der Waals surface area contributed by atoms with Crippen LogP contribution in [0.2, 0.25) is 0 Å². The molecule has 4 rings (SSSR count). The second-order valence-corrected chi connectivity index (χ2v) is 10.5. The molecular weight excluding hydrogens is 474 g/mol. The van der Waals surface area contributed by atoms with E-state index in [9.17, 15) is 13.2 Å². The van der Waals surface area contributed by atoms with Crippen LogP contribution in [0.3, 0.4) is 0 Å². The smallest absolute Gasteiger partial charge is 0.260 e. The van der Waals surface area contributed by atoms with Gasteiger partial charge >= 0.3 is 0 Å². The number of carbonyl (C=O) groups excluding carboxylic acids is 1. The molecule has 0 saturated carbocycles. The highest BCUT2D eigenvalue weighted by Crippen LogP contribution is 2.35. The summed E-state index contributed by atoms with van der Waals surface area (Å²) in [6, 6.07) is 10.1. The van der Waals surface area contributed by atoms with Gasteiger partial charge in [-0.25, -0.2) is 13.4 Å². The summed E-state index contributed by atoms with van der Waals surface area (Å²) in [4.78, 5) is 21.7. The number of anilines is 1. The molecule has 11 heteroatoms. The third-order valence-electron chi connectivity index (χ3n) is 4.81. The number of fused-ring (bicyclic) bond motifs is 2. The van der Waals surface area contributed by atoms with Gasteiger partial charge in [-0.1, -0.05) is 17.4 Å². The zero-order valence-corrected chi connectivity index (χ0v) is 20.3. The second kappa shape index (κ2) is 9.62. The van der Waals surface area contributed by atoms with E-state index in [-0.39, 0.29) is 23.2 Å². The SMILES string of the molecule is CN(C)CCN(C(=O)c1ccc2c(c1)OCCO2)c1nc2c(S(C)(=O)=O)cccc2s1.Cl. The van der Waals surface area contributed by atoms with Gasteiger partial charge in [0, 0.05) is 24.9 Å². The minimum Gasteiger partial charge on any atom is -0.486 e. The van der Waals surface area contributed by atoms with E-state index < -0.39 is 9.84 Å². The minimum atomic E-state index is -3.45. The molecule has 0 unspecified atom stereocenters. The number of hydrogen-bond acceptors (Lipinski definition) is 8. The number of rotatable bonds is 6. The molecule has 3 aromatic rings. The van der Waals surface area contributed by atoms with Crippen molar-refractivity contribution in [2.45, 2.75) is 4.90 Å². The molecule has 0 atom stereocenters. The molecule has 2 heterocycles. The molecule has 0 aliphatic carbocycles. The number of ether oxygens (including phenoxy) is 2. The molecule has 0 bridgehead atoms. The van der Waals surface area contributed by atoms with Gasteiger partial charge in [0.05, 0.1) is 9.60 Å². The molecule has 8 nitrogen and oxygen atoms in total. The quantitative estimate of drug-likeness (QED) is 0.517. The zero-order valence-electron chi connectivity index (χ0n) is 17.9. The molecular formula is C21H24ClN3O5S2. The lowest BCUT2D eigenvalue weighted by atomic mass is 10.1. The first-order valence-corrected chi connectivity index (χ1v) is 12.4. The van der Waals surface area contributed by atoms with Crippen molar-refractivity contribution in [2.24, 2.45) is 0 Å². The van der Waals surface area contributed by atoms with Gasteiger partial charge < -0.3 is 14.4 Å².